The van der Waals surface area contributed by atoms with Crippen LogP contribution in [-0.2, 0) is 0 Å². The van der Waals surface area contributed by atoms with Crippen molar-refractivity contribution in [2.24, 2.45) is 5.92 Å². The number of hydrogen-bond donors (Lipinski definition) is 0. The van der Waals surface area contributed by atoms with Crippen molar-refractivity contribution >= 4 is 49.2 Å². The van der Waals surface area contributed by atoms with Gasteiger partial charge in [0.05, 0.1) is 17.1 Å². The molecule has 214 valence electrons. The first-order chi connectivity index (χ1) is 22.2. The Balaban J connectivity index is 1.18. The molecule has 0 saturated carbocycles. The molecule has 0 fully saturated rings. The third-order valence-corrected chi connectivity index (χ3v) is 9.59. The van der Waals surface area contributed by atoms with Crippen molar-refractivity contribution in [1.29, 1.82) is 0 Å². The minimum absolute atomic E-state index is 0.242. The standard InChI is InChI=1S/C43H32N2/c1-29-26-31(30-12-4-2-5-13-30)20-23-39(29)45-41-19-11-9-17-36(41)38-28-33(22-25-43(38)45)32-21-24-42-37(27-32)35-16-8-10-18-40(35)44(42)34-14-6-3-7-15-34/h2-29,39H,1H3. The quantitative estimate of drug-likeness (QED) is 0.197. The van der Waals surface area contributed by atoms with Gasteiger partial charge in [-0.3, -0.25) is 0 Å². The summed E-state index contributed by atoms with van der Waals surface area (Å²) in [5, 5.41) is 5.15. The minimum atomic E-state index is 0.242. The Hall–Kier alpha value is -5.60. The Morgan fingerprint density at radius 1 is 0.467 bits per heavy atom. The maximum Gasteiger partial charge on any atom is 0.0586 e. The van der Waals surface area contributed by atoms with Gasteiger partial charge in [-0.15, -0.1) is 0 Å². The number of fused-ring (bicyclic) bond motifs is 6. The molecule has 2 unspecified atom stereocenters. The molecule has 0 bridgehead atoms. The van der Waals surface area contributed by atoms with E-state index in [-0.39, 0.29) is 6.04 Å². The predicted molar refractivity (Wildman–Crippen MR) is 191 cm³/mol. The van der Waals surface area contributed by atoms with Crippen LogP contribution >= 0.6 is 0 Å². The predicted octanol–water partition coefficient (Wildman–Crippen LogP) is 11.4. The maximum atomic E-state index is 2.55. The maximum absolute atomic E-state index is 2.55. The van der Waals surface area contributed by atoms with Crippen LogP contribution in [-0.4, -0.2) is 9.13 Å². The van der Waals surface area contributed by atoms with Crippen LogP contribution in [0, 0.1) is 5.92 Å². The molecule has 0 N–H and O–H groups in total. The van der Waals surface area contributed by atoms with Gasteiger partial charge in [0, 0.05) is 38.3 Å². The van der Waals surface area contributed by atoms with E-state index in [4.69, 9.17) is 0 Å². The Labute approximate surface area is 262 Å². The highest BCUT2D eigenvalue weighted by molar-refractivity contribution is 6.12. The first-order valence-corrected chi connectivity index (χ1v) is 15.8. The fourth-order valence-corrected chi connectivity index (χ4v) is 7.47. The topological polar surface area (TPSA) is 9.86 Å². The summed E-state index contributed by atoms with van der Waals surface area (Å²) in [4.78, 5) is 0. The summed E-state index contributed by atoms with van der Waals surface area (Å²) in [6.07, 6.45) is 7.12. The van der Waals surface area contributed by atoms with E-state index in [2.05, 4.69) is 180 Å². The van der Waals surface area contributed by atoms with Gasteiger partial charge >= 0.3 is 0 Å². The summed E-state index contributed by atoms with van der Waals surface area (Å²) < 4.78 is 4.92. The third-order valence-electron chi connectivity index (χ3n) is 9.59. The smallest absolute Gasteiger partial charge is 0.0586 e. The molecule has 1 aliphatic rings. The number of aromatic nitrogens is 2. The first kappa shape index (κ1) is 25.9. The second-order valence-corrected chi connectivity index (χ2v) is 12.2. The molecular formula is C43H32N2. The zero-order chi connectivity index (χ0) is 29.9. The number of nitrogens with zero attached hydrogens (tertiary/aromatic N) is 2. The van der Waals surface area contributed by atoms with Gasteiger partial charge in [-0.05, 0) is 76.7 Å². The van der Waals surface area contributed by atoms with E-state index in [0.29, 0.717) is 5.92 Å². The van der Waals surface area contributed by atoms with Crippen LogP contribution in [0.4, 0.5) is 0 Å². The minimum Gasteiger partial charge on any atom is -0.333 e. The summed E-state index contributed by atoms with van der Waals surface area (Å²) in [5.41, 5.74) is 11.2. The molecule has 2 atom stereocenters. The summed E-state index contributed by atoms with van der Waals surface area (Å²) in [5.74, 6) is 0.355. The Kier molecular flexibility index (Phi) is 5.89. The fourth-order valence-electron chi connectivity index (χ4n) is 7.47. The van der Waals surface area contributed by atoms with E-state index in [9.17, 15) is 0 Å². The molecule has 8 aromatic rings. The van der Waals surface area contributed by atoms with Gasteiger partial charge in [0.1, 0.15) is 0 Å². The van der Waals surface area contributed by atoms with E-state index < -0.39 is 0 Å². The van der Waals surface area contributed by atoms with Crippen LogP contribution in [0.15, 0.2) is 164 Å². The molecule has 2 nitrogen and oxygen atoms in total. The van der Waals surface area contributed by atoms with E-state index in [0.717, 1.165) is 0 Å². The van der Waals surface area contributed by atoms with Crippen molar-refractivity contribution in [2.45, 2.75) is 13.0 Å². The number of hydrogen-bond acceptors (Lipinski definition) is 0. The Bertz CT molecular complexity index is 2440. The monoisotopic (exact) mass is 576 g/mol. The van der Waals surface area contributed by atoms with E-state index in [1.807, 2.05) is 0 Å². The molecule has 1 aliphatic carbocycles. The Morgan fingerprint density at radius 2 is 1.00 bits per heavy atom. The van der Waals surface area contributed by atoms with Crippen LogP contribution in [0.25, 0.3) is 66.0 Å². The van der Waals surface area contributed by atoms with Gasteiger partial charge in [-0.2, -0.15) is 0 Å². The normalized spacial score (nSPS) is 16.6. The summed E-state index contributed by atoms with van der Waals surface area (Å²) in [7, 11) is 0. The average Bonchev–Trinajstić information content (AvgIpc) is 3.61. The lowest BCUT2D eigenvalue weighted by atomic mass is 9.89. The largest absolute Gasteiger partial charge is 0.333 e. The lowest BCUT2D eigenvalue weighted by molar-refractivity contribution is 0.511. The average molecular weight is 577 g/mol. The SMILES string of the molecule is CC1C=C(c2ccccc2)C=CC1n1c2ccccc2c2cc(-c3ccc4c(c3)c3ccccc3n4-c3ccccc3)ccc21. The molecule has 9 rings (SSSR count). The molecule has 0 radical (unpaired) electrons. The summed E-state index contributed by atoms with van der Waals surface area (Å²) in [6.45, 7) is 2.34. The lowest BCUT2D eigenvalue weighted by Crippen LogP contribution is -2.16. The zero-order valence-electron chi connectivity index (χ0n) is 25.1. The summed E-state index contributed by atoms with van der Waals surface area (Å²) >= 11 is 0. The molecular weight excluding hydrogens is 544 g/mol. The van der Waals surface area contributed by atoms with E-state index in [1.165, 1.54) is 71.6 Å². The molecule has 0 spiro atoms. The number of rotatable bonds is 4. The van der Waals surface area contributed by atoms with Crippen molar-refractivity contribution in [3.8, 4) is 16.8 Å². The van der Waals surface area contributed by atoms with Gasteiger partial charge in [-0.1, -0.05) is 122 Å². The fraction of sp³-hybridized carbons (Fsp3) is 0.0698. The highest BCUT2D eigenvalue weighted by atomic mass is 15.0. The lowest BCUT2D eigenvalue weighted by Gasteiger charge is -2.26. The molecule has 0 aliphatic heterocycles. The van der Waals surface area contributed by atoms with Crippen molar-refractivity contribution < 1.29 is 0 Å². The highest BCUT2D eigenvalue weighted by Gasteiger charge is 2.24. The second kappa shape index (κ2) is 10.2. The van der Waals surface area contributed by atoms with Crippen LogP contribution in [0.5, 0.6) is 0 Å². The van der Waals surface area contributed by atoms with Crippen molar-refractivity contribution in [3.63, 3.8) is 0 Å². The first-order valence-electron chi connectivity index (χ1n) is 15.8. The number of benzene rings is 6. The summed E-state index contributed by atoms with van der Waals surface area (Å²) in [6, 6.07) is 53.2. The molecule has 45 heavy (non-hydrogen) atoms. The van der Waals surface area contributed by atoms with Gasteiger partial charge < -0.3 is 9.13 Å². The van der Waals surface area contributed by atoms with E-state index in [1.54, 1.807) is 0 Å². The molecule has 2 heterocycles. The van der Waals surface area contributed by atoms with Crippen LogP contribution in [0.1, 0.15) is 18.5 Å². The molecule has 2 aromatic heterocycles. The van der Waals surface area contributed by atoms with Crippen molar-refractivity contribution in [1.82, 2.24) is 9.13 Å². The van der Waals surface area contributed by atoms with Gasteiger partial charge in [0.25, 0.3) is 0 Å². The number of para-hydroxylation sites is 3. The molecule has 6 aromatic carbocycles. The van der Waals surface area contributed by atoms with E-state index >= 15 is 0 Å². The van der Waals surface area contributed by atoms with Crippen LogP contribution in [0.3, 0.4) is 0 Å². The molecule has 2 heteroatoms. The number of allylic oxidation sites excluding steroid dienone is 4. The van der Waals surface area contributed by atoms with Crippen molar-refractivity contribution in [3.05, 3.63) is 169 Å². The van der Waals surface area contributed by atoms with Crippen molar-refractivity contribution in [2.75, 3.05) is 0 Å². The van der Waals surface area contributed by atoms with Crippen LogP contribution < -0.4 is 0 Å². The molecule has 0 saturated heterocycles. The van der Waals surface area contributed by atoms with Crippen LogP contribution in [0.2, 0.25) is 0 Å². The highest BCUT2D eigenvalue weighted by Crippen LogP contribution is 2.41. The van der Waals surface area contributed by atoms with Gasteiger partial charge in [0.2, 0.25) is 0 Å². The zero-order valence-corrected chi connectivity index (χ0v) is 25.1. The third kappa shape index (κ3) is 4.10. The van der Waals surface area contributed by atoms with Gasteiger partial charge in [-0.25, -0.2) is 0 Å². The second-order valence-electron chi connectivity index (χ2n) is 12.2. The molecule has 0 amide bonds. The Morgan fingerprint density at radius 3 is 1.71 bits per heavy atom. The van der Waals surface area contributed by atoms with Gasteiger partial charge in [0.15, 0.2) is 0 Å².